The molecular formula is C19H28N2O4S. The molecule has 4 rings (SSSR count). The SMILES string of the molecule is CC1CCN(S(=O)(=O)N[C@@H](c2ccc3c(c2)CCO3)C2CC(O)C2)CC1. The van der Waals surface area contributed by atoms with Crippen molar-refractivity contribution >= 4 is 10.2 Å². The molecule has 1 saturated heterocycles. The van der Waals surface area contributed by atoms with Crippen LogP contribution in [0.15, 0.2) is 18.2 Å². The lowest BCUT2D eigenvalue weighted by Gasteiger charge is -2.39. The van der Waals surface area contributed by atoms with Gasteiger partial charge in [-0.1, -0.05) is 19.1 Å². The summed E-state index contributed by atoms with van der Waals surface area (Å²) in [5.74, 6) is 1.61. The van der Waals surface area contributed by atoms with E-state index < -0.39 is 10.2 Å². The monoisotopic (exact) mass is 380 g/mol. The molecule has 2 aliphatic heterocycles. The fourth-order valence-electron chi connectivity index (χ4n) is 4.20. The number of ether oxygens (including phenoxy) is 1. The third-order valence-corrected chi connectivity index (χ3v) is 7.65. The van der Waals surface area contributed by atoms with Gasteiger partial charge in [-0.15, -0.1) is 0 Å². The average molecular weight is 381 g/mol. The predicted molar refractivity (Wildman–Crippen MR) is 99.1 cm³/mol. The Morgan fingerprint density at radius 2 is 2.00 bits per heavy atom. The molecule has 7 heteroatoms. The molecule has 6 nitrogen and oxygen atoms in total. The summed E-state index contributed by atoms with van der Waals surface area (Å²) in [4.78, 5) is 0. The van der Waals surface area contributed by atoms with Gasteiger partial charge in [0, 0.05) is 19.5 Å². The summed E-state index contributed by atoms with van der Waals surface area (Å²) in [5, 5.41) is 9.74. The van der Waals surface area contributed by atoms with Gasteiger partial charge in [0.1, 0.15) is 5.75 Å². The molecule has 1 saturated carbocycles. The summed E-state index contributed by atoms with van der Waals surface area (Å²) >= 11 is 0. The van der Waals surface area contributed by atoms with E-state index in [9.17, 15) is 13.5 Å². The summed E-state index contributed by atoms with van der Waals surface area (Å²) in [6.07, 6.45) is 3.63. The lowest BCUT2D eigenvalue weighted by molar-refractivity contribution is 0.0276. The second-order valence-electron chi connectivity index (χ2n) is 8.03. The minimum atomic E-state index is -3.54. The van der Waals surface area contributed by atoms with Crippen LogP contribution in [0.2, 0.25) is 0 Å². The second-order valence-corrected chi connectivity index (χ2v) is 9.74. The van der Waals surface area contributed by atoms with Gasteiger partial charge in [-0.2, -0.15) is 17.4 Å². The minimum absolute atomic E-state index is 0.129. The van der Waals surface area contributed by atoms with Crippen molar-refractivity contribution in [1.29, 1.82) is 0 Å². The molecule has 2 heterocycles. The summed E-state index contributed by atoms with van der Waals surface area (Å²) in [7, 11) is -3.54. The van der Waals surface area contributed by atoms with Gasteiger partial charge in [-0.3, -0.25) is 0 Å². The first-order valence-corrected chi connectivity index (χ1v) is 11.1. The van der Waals surface area contributed by atoms with Crippen molar-refractivity contribution in [3.8, 4) is 5.75 Å². The fraction of sp³-hybridized carbons (Fsp3) is 0.684. The van der Waals surface area contributed by atoms with Gasteiger partial charge in [0.2, 0.25) is 0 Å². The second kappa shape index (κ2) is 7.11. The van der Waals surface area contributed by atoms with Crippen LogP contribution in [0.3, 0.4) is 0 Å². The molecule has 1 aliphatic carbocycles. The van der Waals surface area contributed by atoms with Gasteiger partial charge in [0.15, 0.2) is 0 Å². The van der Waals surface area contributed by atoms with Gasteiger partial charge < -0.3 is 9.84 Å². The molecule has 0 aromatic heterocycles. The number of hydrogen-bond donors (Lipinski definition) is 2. The molecule has 26 heavy (non-hydrogen) atoms. The van der Waals surface area contributed by atoms with E-state index in [1.807, 2.05) is 12.1 Å². The maximum Gasteiger partial charge on any atom is 0.280 e. The Morgan fingerprint density at radius 1 is 1.27 bits per heavy atom. The smallest absolute Gasteiger partial charge is 0.280 e. The van der Waals surface area contributed by atoms with Gasteiger partial charge >= 0.3 is 0 Å². The Bertz CT molecular complexity index is 753. The highest BCUT2D eigenvalue weighted by atomic mass is 32.2. The first kappa shape index (κ1) is 18.2. The molecule has 0 amide bonds. The normalized spacial score (nSPS) is 28.2. The first-order chi connectivity index (χ1) is 12.4. The van der Waals surface area contributed by atoms with E-state index in [1.165, 1.54) is 0 Å². The number of rotatable bonds is 5. The Balaban J connectivity index is 1.56. The maximum absolute atomic E-state index is 13.0. The number of aliphatic hydroxyl groups is 1. The summed E-state index contributed by atoms with van der Waals surface area (Å²) in [6, 6.07) is 5.67. The zero-order valence-electron chi connectivity index (χ0n) is 15.2. The van der Waals surface area contributed by atoms with Gasteiger partial charge in [-0.05, 0) is 54.7 Å². The van der Waals surface area contributed by atoms with Crippen LogP contribution in [0.25, 0.3) is 0 Å². The Labute approximate surface area is 155 Å². The van der Waals surface area contributed by atoms with Crippen LogP contribution < -0.4 is 9.46 Å². The van der Waals surface area contributed by atoms with Crippen molar-refractivity contribution in [2.24, 2.45) is 11.8 Å². The highest BCUT2D eigenvalue weighted by molar-refractivity contribution is 7.87. The lowest BCUT2D eigenvalue weighted by atomic mass is 9.75. The largest absolute Gasteiger partial charge is 0.493 e. The molecule has 0 spiro atoms. The molecule has 1 aromatic carbocycles. The molecular weight excluding hydrogens is 352 g/mol. The quantitative estimate of drug-likeness (QED) is 0.819. The van der Waals surface area contributed by atoms with Gasteiger partial charge in [-0.25, -0.2) is 0 Å². The first-order valence-electron chi connectivity index (χ1n) is 9.63. The summed E-state index contributed by atoms with van der Waals surface area (Å²) in [5.41, 5.74) is 2.11. The summed E-state index contributed by atoms with van der Waals surface area (Å²) in [6.45, 7) is 4.01. The Kier molecular flexibility index (Phi) is 4.98. The predicted octanol–water partition coefficient (Wildman–Crippen LogP) is 2.00. The molecule has 0 bridgehead atoms. The average Bonchev–Trinajstić information content (AvgIpc) is 3.05. The van der Waals surface area contributed by atoms with Crippen LogP contribution >= 0.6 is 0 Å². The van der Waals surface area contributed by atoms with Crippen molar-refractivity contribution in [2.75, 3.05) is 19.7 Å². The van der Waals surface area contributed by atoms with Crippen LogP contribution in [0.4, 0.5) is 0 Å². The molecule has 3 aliphatic rings. The van der Waals surface area contributed by atoms with Crippen LogP contribution in [-0.2, 0) is 16.6 Å². The highest BCUT2D eigenvalue weighted by Gasteiger charge is 2.39. The number of fused-ring (bicyclic) bond motifs is 1. The van der Waals surface area contributed by atoms with Crippen LogP contribution in [0.5, 0.6) is 5.75 Å². The Morgan fingerprint density at radius 3 is 2.69 bits per heavy atom. The third kappa shape index (κ3) is 3.63. The molecule has 2 fully saturated rings. The van der Waals surface area contributed by atoms with Gasteiger partial charge in [0.05, 0.1) is 18.8 Å². The topological polar surface area (TPSA) is 78.9 Å². The number of piperidine rings is 1. The van der Waals surface area contributed by atoms with Crippen LogP contribution in [0, 0.1) is 11.8 Å². The van der Waals surface area contributed by atoms with E-state index in [2.05, 4.69) is 17.7 Å². The van der Waals surface area contributed by atoms with E-state index in [0.717, 1.165) is 36.1 Å². The van der Waals surface area contributed by atoms with Crippen molar-refractivity contribution in [3.05, 3.63) is 29.3 Å². The molecule has 2 N–H and O–H groups in total. The number of nitrogens with one attached hydrogen (secondary N) is 1. The highest BCUT2D eigenvalue weighted by Crippen LogP contribution is 2.40. The van der Waals surface area contributed by atoms with Crippen molar-refractivity contribution < 1.29 is 18.3 Å². The van der Waals surface area contributed by atoms with E-state index in [1.54, 1.807) is 4.31 Å². The van der Waals surface area contributed by atoms with Crippen molar-refractivity contribution in [2.45, 2.75) is 51.2 Å². The van der Waals surface area contributed by atoms with Gasteiger partial charge in [0.25, 0.3) is 10.2 Å². The molecule has 144 valence electrons. The number of hydrogen-bond acceptors (Lipinski definition) is 4. The van der Waals surface area contributed by atoms with E-state index in [4.69, 9.17) is 4.74 Å². The van der Waals surface area contributed by atoms with Crippen molar-refractivity contribution in [3.63, 3.8) is 0 Å². The molecule has 0 unspecified atom stereocenters. The number of aliphatic hydroxyl groups excluding tert-OH is 1. The zero-order valence-corrected chi connectivity index (χ0v) is 16.0. The maximum atomic E-state index is 13.0. The van der Waals surface area contributed by atoms with E-state index >= 15 is 0 Å². The molecule has 1 aromatic rings. The molecule has 0 radical (unpaired) electrons. The number of benzene rings is 1. The number of nitrogens with zero attached hydrogens (tertiary/aromatic N) is 1. The Hall–Kier alpha value is -1.15. The fourth-order valence-corrected chi connectivity index (χ4v) is 5.69. The van der Waals surface area contributed by atoms with Crippen LogP contribution in [-0.4, -0.2) is 43.6 Å². The zero-order chi connectivity index (χ0) is 18.3. The van der Waals surface area contributed by atoms with E-state index in [-0.39, 0.29) is 18.1 Å². The minimum Gasteiger partial charge on any atom is -0.493 e. The van der Waals surface area contributed by atoms with Crippen molar-refractivity contribution in [1.82, 2.24) is 9.03 Å². The standard InChI is InChI=1S/C19H28N2O4S/c1-13-4-7-21(8-5-13)26(23,24)20-19(16-11-17(22)12-16)15-2-3-18-14(10-15)6-9-25-18/h2-3,10,13,16-17,19-20,22H,4-9,11-12H2,1H3/t16?,17?,19-/m0/s1. The van der Waals surface area contributed by atoms with Crippen LogP contribution in [0.1, 0.15) is 49.8 Å². The lowest BCUT2D eigenvalue weighted by Crippen LogP contribution is -2.49. The van der Waals surface area contributed by atoms with E-state index in [0.29, 0.717) is 38.5 Å². The summed E-state index contributed by atoms with van der Waals surface area (Å²) < 4.78 is 36.0. The third-order valence-electron chi connectivity index (χ3n) is 6.05. The molecule has 1 atom stereocenters.